The van der Waals surface area contributed by atoms with E-state index in [1.807, 2.05) is 18.3 Å². The second-order valence-corrected chi connectivity index (χ2v) is 6.28. The highest BCUT2D eigenvalue weighted by molar-refractivity contribution is 8.11. The molecule has 0 aliphatic heterocycles. The third-order valence-corrected chi connectivity index (χ3v) is 2.60. The Morgan fingerprint density at radius 3 is 2.85 bits per heavy atom. The van der Waals surface area contributed by atoms with Crippen molar-refractivity contribution in [2.45, 2.75) is 6.42 Å². The molecule has 1 rings (SSSR count). The fourth-order valence-electron chi connectivity index (χ4n) is 0.921. The van der Waals surface area contributed by atoms with E-state index in [1.54, 1.807) is 6.20 Å². The zero-order valence-electron chi connectivity index (χ0n) is 7.18. The molecule has 1 aromatic heterocycles. The van der Waals surface area contributed by atoms with Gasteiger partial charge in [0.15, 0.2) is 0 Å². The fraction of sp³-hybridized carbons (Fsp3) is 0.286. The number of hydrogen-bond donors (Lipinski definition) is 3. The van der Waals surface area contributed by atoms with Gasteiger partial charge in [-0.05, 0) is 29.9 Å². The van der Waals surface area contributed by atoms with E-state index in [-0.39, 0.29) is 0 Å². The Bertz CT molecular complexity index is 297. The van der Waals surface area contributed by atoms with Gasteiger partial charge in [0.1, 0.15) is 6.49 Å². The lowest BCUT2D eigenvalue weighted by Gasteiger charge is -2.11. The van der Waals surface area contributed by atoms with Crippen LogP contribution in [0.2, 0.25) is 0 Å². The number of rotatable bonds is 4. The van der Waals surface area contributed by atoms with Crippen molar-refractivity contribution in [3.8, 4) is 0 Å². The molecule has 0 saturated carbocycles. The molecule has 1 heterocycles. The number of hydrogen-bond acceptors (Lipinski definition) is 2. The molecule has 0 amide bonds. The summed E-state index contributed by atoms with van der Waals surface area (Å²) in [6.45, 7) is -1.54. The van der Waals surface area contributed by atoms with Crippen LogP contribution in [0.15, 0.2) is 24.5 Å². The van der Waals surface area contributed by atoms with E-state index < -0.39 is 6.49 Å². The van der Waals surface area contributed by atoms with Gasteiger partial charge >= 0.3 is 0 Å². The summed E-state index contributed by atoms with van der Waals surface area (Å²) in [5, 5.41) is 2.92. The van der Waals surface area contributed by atoms with E-state index in [0.29, 0.717) is 6.54 Å². The summed E-state index contributed by atoms with van der Waals surface area (Å²) in [6.07, 6.45) is 4.41. The van der Waals surface area contributed by atoms with E-state index in [4.69, 9.17) is 22.8 Å². The molecular weight excluding hydrogens is 203 g/mol. The summed E-state index contributed by atoms with van der Waals surface area (Å²) in [5.41, 5.74) is 12.1. The Kier molecular flexibility index (Phi) is 3.96. The molecule has 0 atom stereocenters. The Hall–Kier alpha value is -0.320. The minimum Gasteiger partial charge on any atom is -0.280 e. The summed E-state index contributed by atoms with van der Waals surface area (Å²) in [6, 6.07) is 3.90. The maximum atomic E-state index is 5.48. The average molecular weight is 216 g/mol. The molecule has 0 aromatic carbocycles. The van der Waals surface area contributed by atoms with Crippen molar-refractivity contribution in [1.82, 2.24) is 10.1 Å². The predicted octanol–water partition coefficient (Wildman–Crippen LogP) is 0.356. The van der Waals surface area contributed by atoms with Crippen molar-refractivity contribution in [3.63, 3.8) is 0 Å². The lowest BCUT2D eigenvalue weighted by atomic mass is 10.2. The van der Waals surface area contributed by atoms with Crippen LogP contribution in [0.3, 0.4) is 0 Å². The van der Waals surface area contributed by atoms with Crippen LogP contribution < -0.4 is 16.1 Å². The average Bonchev–Trinajstić information content (AvgIpc) is 2.04. The van der Waals surface area contributed by atoms with E-state index in [2.05, 4.69) is 10.1 Å². The van der Waals surface area contributed by atoms with E-state index in [1.165, 1.54) is 0 Å². The Balaban J connectivity index is 2.33. The maximum Gasteiger partial charge on any atom is 0.132 e. The van der Waals surface area contributed by atoms with Crippen LogP contribution in [0.25, 0.3) is 0 Å². The molecule has 0 aliphatic carbocycles. The molecule has 0 unspecified atom stereocenters. The molecule has 0 aliphatic rings. The molecule has 0 fully saturated rings. The maximum absolute atomic E-state index is 5.48. The van der Waals surface area contributed by atoms with Crippen LogP contribution in [-0.2, 0) is 18.2 Å². The molecule has 4 nitrogen and oxygen atoms in total. The van der Waals surface area contributed by atoms with Gasteiger partial charge in [-0.3, -0.25) is 21.1 Å². The highest BCUT2D eigenvalue weighted by atomic mass is 32.4. The monoisotopic (exact) mass is 216 g/mol. The van der Waals surface area contributed by atoms with E-state index in [9.17, 15) is 0 Å². The second-order valence-electron chi connectivity index (χ2n) is 2.73. The number of nitrogens with one attached hydrogen (secondary N) is 1. The quantitative estimate of drug-likeness (QED) is 0.633. The minimum absolute atomic E-state index is 0.704. The van der Waals surface area contributed by atoms with Crippen molar-refractivity contribution in [1.29, 1.82) is 0 Å². The molecule has 1 aromatic rings. The van der Waals surface area contributed by atoms with Crippen LogP contribution >= 0.6 is 6.49 Å². The van der Waals surface area contributed by atoms with Crippen molar-refractivity contribution >= 4 is 18.3 Å². The van der Waals surface area contributed by atoms with E-state index in [0.717, 1.165) is 12.0 Å². The number of pyridine rings is 1. The van der Waals surface area contributed by atoms with Crippen molar-refractivity contribution in [3.05, 3.63) is 30.1 Å². The van der Waals surface area contributed by atoms with Crippen LogP contribution in [-0.4, -0.2) is 11.5 Å². The first kappa shape index (κ1) is 10.8. The summed E-state index contributed by atoms with van der Waals surface area (Å²) in [7, 11) is 0. The lowest BCUT2D eigenvalue weighted by molar-refractivity contribution is 0.888. The molecule has 5 N–H and O–H groups in total. The molecule has 0 radical (unpaired) electrons. The topological polar surface area (TPSA) is 77.0 Å². The zero-order valence-corrected chi connectivity index (χ0v) is 8.89. The van der Waals surface area contributed by atoms with Gasteiger partial charge in [-0.1, -0.05) is 6.07 Å². The third kappa shape index (κ3) is 5.08. The third-order valence-electron chi connectivity index (χ3n) is 1.50. The smallest absolute Gasteiger partial charge is 0.132 e. The Labute approximate surface area is 82.9 Å². The largest absolute Gasteiger partial charge is 0.280 e. The van der Waals surface area contributed by atoms with Gasteiger partial charge in [-0.2, -0.15) is 0 Å². The van der Waals surface area contributed by atoms with Crippen LogP contribution in [0.5, 0.6) is 0 Å². The summed E-state index contributed by atoms with van der Waals surface area (Å²) >= 11 is 4.84. The van der Waals surface area contributed by atoms with E-state index >= 15 is 0 Å². The van der Waals surface area contributed by atoms with Gasteiger partial charge in [-0.15, -0.1) is 0 Å². The first-order valence-corrected chi connectivity index (χ1v) is 6.83. The van der Waals surface area contributed by atoms with Gasteiger partial charge in [0, 0.05) is 18.9 Å². The normalized spacial score (nSPS) is 11.5. The molecule has 72 valence electrons. The number of nitrogens with two attached hydrogens (primary N) is 2. The molecule has 0 bridgehead atoms. The van der Waals surface area contributed by atoms with Crippen LogP contribution in [0.1, 0.15) is 5.56 Å². The van der Waals surface area contributed by atoms with Gasteiger partial charge in [0.05, 0.1) is 0 Å². The Morgan fingerprint density at radius 1 is 1.54 bits per heavy atom. The van der Waals surface area contributed by atoms with Gasteiger partial charge in [0.2, 0.25) is 0 Å². The van der Waals surface area contributed by atoms with Gasteiger partial charge < -0.3 is 0 Å². The lowest BCUT2D eigenvalue weighted by Crippen LogP contribution is -2.23. The molecule has 0 saturated heterocycles. The van der Waals surface area contributed by atoms with Gasteiger partial charge in [-0.25, -0.2) is 0 Å². The van der Waals surface area contributed by atoms with Crippen LogP contribution in [0.4, 0.5) is 0 Å². The molecule has 13 heavy (non-hydrogen) atoms. The minimum atomic E-state index is -2.24. The second kappa shape index (κ2) is 4.79. The van der Waals surface area contributed by atoms with Crippen molar-refractivity contribution in [2.24, 2.45) is 11.0 Å². The van der Waals surface area contributed by atoms with Crippen molar-refractivity contribution < 1.29 is 0 Å². The van der Waals surface area contributed by atoms with Crippen molar-refractivity contribution in [2.75, 3.05) is 6.54 Å². The summed E-state index contributed by atoms with van der Waals surface area (Å²) in [4.78, 5) is 3.99. The highest BCUT2D eigenvalue weighted by Gasteiger charge is 2.00. The Morgan fingerprint density at radius 2 is 2.31 bits per heavy atom. The fourth-order valence-corrected chi connectivity index (χ4v) is 1.66. The standard InChI is InChI=1S/C7H13N4PS/c8-12(9,13)11-5-3-7-2-1-4-10-6-7/h1-2,4,6H,3,5H2,(H5,8,9,11,13). The predicted molar refractivity (Wildman–Crippen MR) is 58.6 cm³/mol. The molecular formula is C7H13N4PS. The molecule has 0 spiro atoms. The SMILES string of the molecule is NP(N)(=S)NCCc1cccnc1. The summed E-state index contributed by atoms with van der Waals surface area (Å²) < 4.78 is 0. The van der Waals surface area contributed by atoms with Crippen LogP contribution in [0, 0.1) is 0 Å². The first-order valence-electron chi connectivity index (χ1n) is 3.89. The number of aromatic nitrogens is 1. The van der Waals surface area contributed by atoms with Gasteiger partial charge in [0.25, 0.3) is 0 Å². The summed E-state index contributed by atoms with van der Waals surface area (Å²) in [5.74, 6) is 0. The first-order chi connectivity index (χ1) is 6.08. The molecule has 6 heteroatoms. The zero-order chi connectivity index (χ0) is 9.73. The highest BCUT2D eigenvalue weighted by Crippen LogP contribution is 2.17. The number of nitrogens with zero attached hydrogens (tertiary/aromatic N) is 1.